The molecule has 1 N–H and O–H groups in total. The summed E-state index contributed by atoms with van der Waals surface area (Å²) in [7, 11) is 4.65. The standard InChI is InChI=1S/C22H30N2O4S/c1-5-13-10-23-18(9-14(13)15(11-26-2)22(25)28-4)21-16(12-29)20-17(24-21)7-6-8-19(20)27-3/h6-8,11,13-14,16,18,23,29H,5,9-10,12H2,1-4H3/b15-11+. The average Bonchev–Trinajstić information content (AvgIpc) is 3.15. The van der Waals surface area contributed by atoms with Crippen molar-refractivity contribution < 1.29 is 19.0 Å². The fourth-order valence-electron chi connectivity index (χ4n) is 4.56. The number of thiol groups is 1. The molecule has 0 aliphatic carbocycles. The van der Waals surface area contributed by atoms with Gasteiger partial charge in [0.15, 0.2) is 0 Å². The molecule has 6 nitrogen and oxygen atoms in total. The minimum atomic E-state index is -0.333. The molecule has 2 aliphatic rings. The Morgan fingerprint density at radius 1 is 1.34 bits per heavy atom. The number of hydrogen-bond acceptors (Lipinski definition) is 7. The number of piperidine rings is 1. The summed E-state index contributed by atoms with van der Waals surface area (Å²) in [6.07, 6.45) is 3.24. The van der Waals surface area contributed by atoms with E-state index in [-0.39, 0.29) is 23.8 Å². The molecule has 1 aromatic carbocycles. The zero-order chi connectivity index (χ0) is 21.0. The van der Waals surface area contributed by atoms with E-state index >= 15 is 0 Å². The second-order valence-electron chi connectivity index (χ2n) is 7.44. The molecule has 0 aromatic heterocycles. The summed E-state index contributed by atoms with van der Waals surface area (Å²) in [4.78, 5) is 17.4. The van der Waals surface area contributed by atoms with E-state index in [1.54, 1.807) is 14.2 Å². The van der Waals surface area contributed by atoms with Crippen molar-refractivity contribution in [3.05, 3.63) is 35.6 Å². The third-order valence-corrected chi connectivity index (χ3v) is 6.40. The van der Waals surface area contributed by atoms with Crippen molar-refractivity contribution in [2.24, 2.45) is 16.8 Å². The molecule has 1 saturated heterocycles. The number of ether oxygens (including phenoxy) is 3. The number of benzene rings is 1. The van der Waals surface area contributed by atoms with Crippen LogP contribution in [-0.4, -0.2) is 51.3 Å². The minimum Gasteiger partial charge on any atom is -0.504 e. The molecular formula is C22H30N2O4S. The molecule has 2 heterocycles. The molecule has 0 radical (unpaired) electrons. The van der Waals surface area contributed by atoms with Crippen LogP contribution < -0.4 is 10.1 Å². The van der Waals surface area contributed by atoms with E-state index in [1.165, 1.54) is 13.4 Å². The van der Waals surface area contributed by atoms with Crippen molar-refractivity contribution in [3.8, 4) is 5.75 Å². The van der Waals surface area contributed by atoms with Gasteiger partial charge in [-0.3, -0.25) is 4.99 Å². The normalized spacial score (nSPS) is 26.5. The molecule has 0 saturated carbocycles. The molecule has 3 rings (SSSR count). The predicted molar refractivity (Wildman–Crippen MR) is 117 cm³/mol. The molecule has 0 spiro atoms. The highest BCUT2D eigenvalue weighted by Crippen LogP contribution is 2.44. The summed E-state index contributed by atoms with van der Waals surface area (Å²) >= 11 is 4.62. The van der Waals surface area contributed by atoms with Gasteiger partial charge in [-0.2, -0.15) is 12.6 Å². The van der Waals surface area contributed by atoms with E-state index in [2.05, 4.69) is 24.9 Å². The van der Waals surface area contributed by atoms with Gasteiger partial charge in [0.1, 0.15) is 5.75 Å². The Labute approximate surface area is 178 Å². The van der Waals surface area contributed by atoms with Crippen LogP contribution in [0.3, 0.4) is 0 Å². The predicted octanol–water partition coefficient (Wildman–Crippen LogP) is 3.50. The second-order valence-corrected chi connectivity index (χ2v) is 7.80. The van der Waals surface area contributed by atoms with Crippen LogP contribution in [0.25, 0.3) is 0 Å². The fourth-order valence-corrected chi connectivity index (χ4v) is 4.93. The lowest BCUT2D eigenvalue weighted by Gasteiger charge is -2.38. The molecule has 7 heteroatoms. The number of carbonyl (C=O) groups excluding carboxylic acids is 1. The lowest BCUT2D eigenvalue weighted by atomic mass is 9.75. The lowest BCUT2D eigenvalue weighted by Crippen LogP contribution is -2.50. The van der Waals surface area contributed by atoms with Crippen LogP contribution >= 0.6 is 12.6 Å². The molecule has 29 heavy (non-hydrogen) atoms. The Balaban J connectivity index is 1.92. The molecule has 2 aliphatic heterocycles. The maximum atomic E-state index is 12.4. The number of aliphatic imine (C=N–C) groups is 1. The van der Waals surface area contributed by atoms with Crippen molar-refractivity contribution in [2.45, 2.75) is 31.7 Å². The van der Waals surface area contributed by atoms with Gasteiger partial charge in [-0.05, 0) is 36.9 Å². The average molecular weight is 419 g/mol. The van der Waals surface area contributed by atoms with Crippen molar-refractivity contribution in [2.75, 3.05) is 33.6 Å². The zero-order valence-electron chi connectivity index (χ0n) is 17.5. The Morgan fingerprint density at radius 3 is 2.76 bits per heavy atom. The molecule has 4 unspecified atom stereocenters. The Hall–Kier alpha value is -1.99. The summed E-state index contributed by atoms with van der Waals surface area (Å²) in [5, 5.41) is 3.66. The van der Waals surface area contributed by atoms with Crippen LogP contribution in [0.15, 0.2) is 35.0 Å². The van der Waals surface area contributed by atoms with Gasteiger partial charge in [0, 0.05) is 29.0 Å². The van der Waals surface area contributed by atoms with Crippen molar-refractivity contribution in [1.82, 2.24) is 5.32 Å². The van der Waals surface area contributed by atoms with E-state index in [0.717, 1.165) is 42.1 Å². The van der Waals surface area contributed by atoms with Crippen LogP contribution in [0, 0.1) is 11.8 Å². The number of fused-ring (bicyclic) bond motifs is 1. The molecule has 158 valence electrons. The molecule has 1 aromatic rings. The summed E-state index contributed by atoms with van der Waals surface area (Å²) < 4.78 is 15.8. The molecular weight excluding hydrogens is 388 g/mol. The highest BCUT2D eigenvalue weighted by molar-refractivity contribution is 7.80. The first kappa shape index (κ1) is 21.7. The zero-order valence-corrected chi connectivity index (χ0v) is 18.4. The number of rotatable bonds is 7. The van der Waals surface area contributed by atoms with Gasteiger partial charge < -0.3 is 19.5 Å². The fraction of sp³-hybridized carbons (Fsp3) is 0.545. The van der Waals surface area contributed by atoms with Gasteiger partial charge in [-0.1, -0.05) is 19.4 Å². The van der Waals surface area contributed by atoms with E-state index < -0.39 is 0 Å². The van der Waals surface area contributed by atoms with E-state index in [9.17, 15) is 4.79 Å². The maximum absolute atomic E-state index is 12.4. The van der Waals surface area contributed by atoms with E-state index in [0.29, 0.717) is 17.2 Å². The van der Waals surface area contributed by atoms with Crippen LogP contribution in [0.4, 0.5) is 5.69 Å². The summed E-state index contributed by atoms with van der Waals surface area (Å²) in [6, 6.07) is 5.98. The summed E-state index contributed by atoms with van der Waals surface area (Å²) in [5.74, 6) is 1.58. The third kappa shape index (κ3) is 4.16. The van der Waals surface area contributed by atoms with Crippen molar-refractivity contribution >= 4 is 30.0 Å². The van der Waals surface area contributed by atoms with Crippen LogP contribution in [0.5, 0.6) is 5.75 Å². The highest BCUT2D eigenvalue weighted by Gasteiger charge is 2.41. The van der Waals surface area contributed by atoms with Gasteiger partial charge in [0.05, 0.1) is 38.9 Å². The van der Waals surface area contributed by atoms with Gasteiger partial charge in [-0.15, -0.1) is 0 Å². The number of nitrogens with zero attached hydrogens (tertiary/aromatic N) is 1. The first-order valence-electron chi connectivity index (χ1n) is 10.00. The molecule has 0 bridgehead atoms. The lowest BCUT2D eigenvalue weighted by molar-refractivity contribution is -0.137. The topological polar surface area (TPSA) is 69.2 Å². The van der Waals surface area contributed by atoms with Crippen LogP contribution in [0.2, 0.25) is 0 Å². The van der Waals surface area contributed by atoms with Gasteiger partial charge in [-0.25, -0.2) is 4.79 Å². The maximum Gasteiger partial charge on any atom is 0.337 e. The number of nitrogens with one attached hydrogen (secondary N) is 1. The monoisotopic (exact) mass is 418 g/mol. The Morgan fingerprint density at radius 2 is 2.14 bits per heavy atom. The number of methoxy groups -OCH3 is 3. The van der Waals surface area contributed by atoms with Gasteiger partial charge >= 0.3 is 5.97 Å². The van der Waals surface area contributed by atoms with Gasteiger partial charge in [0.2, 0.25) is 0 Å². The van der Waals surface area contributed by atoms with Crippen LogP contribution in [0.1, 0.15) is 31.2 Å². The summed E-state index contributed by atoms with van der Waals surface area (Å²) in [6.45, 7) is 2.95. The van der Waals surface area contributed by atoms with E-state index in [4.69, 9.17) is 19.2 Å². The van der Waals surface area contributed by atoms with E-state index in [1.807, 2.05) is 18.2 Å². The molecule has 4 atom stereocenters. The Kier molecular flexibility index (Phi) is 7.24. The molecule has 1 fully saturated rings. The quantitative estimate of drug-likeness (QED) is 0.307. The highest BCUT2D eigenvalue weighted by atomic mass is 32.1. The van der Waals surface area contributed by atoms with Crippen molar-refractivity contribution in [3.63, 3.8) is 0 Å². The SMILES string of the molecule is CCC1CNC(C2=Nc3cccc(OC)c3C2CS)CC1/C(=C\OC)C(=O)OC. The Bertz CT molecular complexity index is 808. The smallest absolute Gasteiger partial charge is 0.337 e. The van der Waals surface area contributed by atoms with Crippen molar-refractivity contribution in [1.29, 1.82) is 0 Å². The molecule has 0 amide bonds. The summed E-state index contributed by atoms with van der Waals surface area (Å²) in [5.41, 5.74) is 3.68. The third-order valence-electron chi connectivity index (χ3n) is 6.03. The number of carbonyl (C=O) groups is 1. The largest absolute Gasteiger partial charge is 0.504 e. The number of esters is 1. The second kappa shape index (κ2) is 9.67. The van der Waals surface area contributed by atoms with Crippen LogP contribution in [-0.2, 0) is 14.3 Å². The first-order chi connectivity index (χ1) is 14.1. The van der Waals surface area contributed by atoms with Gasteiger partial charge in [0.25, 0.3) is 0 Å². The number of hydrogen-bond donors (Lipinski definition) is 2. The minimum absolute atomic E-state index is 0.0347. The first-order valence-corrected chi connectivity index (χ1v) is 10.6.